The lowest BCUT2D eigenvalue weighted by Crippen LogP contribution is -2.36. The molecule has 3 saturated carbocycles. The highest BCUT2D eigenvalue weighted by molar-refractivity contribution is 7.99. The third-order valence-electron chi connectivity index (χ3n) is 9.06. The average molecular weight is 481 g/mol. The fraction of sp³-hybridized carbons (Fsp3) is 0.613. The van der Waals surface area contributed by atoms with Crippen molar-refractivity contribution < 1.29 is 10.2 Å². The van der Waals surface area contributed by atoms with Crippen LogP contribution in [-0.2, 0) is 0 Å². The summed E-state index contributed by atoms with van der Waals surface area (Å²) < 4.78 is 0. The standard InChI is InChI=1S/C31H44O2S/c1-20(2)25-8-6-10-26(18-25)34-19-21(3)27-13-14-28-24(9-7-15-31(27,28)5)12-11-23-16-29(32)22(4)30(33)17-23/h6,8,10-12,18,20-21,27-30,32-33H,4,7,9,13-17,19H2,1-3,5H3/t21-,27?,28?,29+,30+,31?/m0/s1. The van der Waals surface area contributed by atoms with E-state index in [0.717, 1.165) is 11.5 Å². The fourth-order valence-electron chi connectivity index (χ4n) is 6.95. The predicted molar refractivity (Wildman–Crippen MR) is 145 cm³/mol. The van der Waals surface area contributed by atoms with E-state index in [4.69, 9.17) is 0 Å². The summed E-state index contributed by atoms with van der Waals surface area (Å²) in [4.78, 5) is 1.41. The van der Waals surface area contributed by atoms with E-state index in [0.29, 0.717) is 41.6 Å². The van der Waals surface area contributed by atoms with Crippen LogP contribution in [0.15, 0.2) is 64.6 Å². The fourth-order valence-corrected chi connectivity index (χ4v) is 8.03. The number of thioether (sulfide) groups is 1. The lowest BCUT2D eigenvalue weighted by Gasteiger charge is -2.44. The van der Waals surface area contributed by atoms with Crippen molar-refractivity contribution in [2.45, 2.75) is 95.7 Å². The summed E-state index contributed by atoms with van der Waals surface area (Å²) in [7, 11) is 0. The molecule has 3 heteroatoms. The molecule has 1 aromatic rings. The molecule has 3 unspecified atom stereocenters. The molecule has 1 aromatic carbocycles. The molecule has 34 heavy (non-hydrogen) atoms. The van der Waals surface area contributed by atoms with Gasteiger partial charge in [-0.25, -0.2) is 0 Å². The Morgan fingerprint density at radius 1 is 1.12 bits per heavy atom. The van der Waals surface area contributed by atoms with Gasteiger partial charge in [-0.05, 0) is 97.3 Å². The molecular formula is C31H44O2S. The lowest BCUT2D eigenvalue weighted by molar-refractivity contribution is 0.105. The van der Waals surface area contributed by atoms with E-state index < -0.39 is 12.2 Å². The van der Waals surface area contributed by atoms with Crippen molar-refractivity contribution in [2.24, 2.45) is 23.2 Å². The van der Waals surface area contributed by atoms with E-state index in [9.17, 15) is 10.2 Å². The number of aliphatic hydroxyl groups excluding tert-OH is 2. The Labute approximate surface area is 211 Å². The monoisotopic (exact) mass is 480 g/mol. The van der Waals surface area contributed by atoms with Crippen molar-refractivity contribution in [3.05, 3.63) is 65.3 Å². The van der Waals surface area contributed by atoms with E-state index in [2.05, 4.69) is 70.7 Å². The van der Waals surface area contributed by atoms with Gasteiger partial charge in [-0.1, -0.05) is 69.7 Å². The Hall–Kier alpha value is -1.29. The number of hydrogen-bond donors (Lipinski definition) is 2. The van der Waals surface area contributed by atoms with E-state index in [1.165, 1.54) is 48.3 Å². The van der Waals surface area contributed by atoms with Gasteiger partial charge in [0.05, 0.1) is 12.2 Å². The molecule has 0 bridgehead atoms. The Kier molecular flexibility index (Phi) is 8.17. The molecule has 3 fully saturated rings. The minimum absolute atomic E-state index is 0.391. The van der Waals surface area contributed by atoms with Crippen molar-refractivity contribution in [1.29, 1.82) is 0 Å². The number of allylic oxidation sites excluding steroid dienone is 3. The second kappa shape index (κ2) is 10.8. The third-order valence-corrected chi connectivity index (χ3v) is 10.3. The van der Waals surface area contributed by atoms with Crippen molar-refractivity contribution in [3.63, 3.8) is 0 Å². The van der Waals surface area contributed by atoms with E-state index in [1.54, 1.807) is 5.57 Å². The summed E-state index contributed by atoms with van der Waals surface area (Å²) >= 11 is 2.04. The maximum atomic E-state index is 10.2. The summed E-state index contributed by atoms with van der Waals surface area (Å²) in [5.74, 6) is 3.92. The van der Waals surface area contributed by atoms with Crippen LogP contribution in [0.25, 0.3) is 0 Å². The van der Waals surface area contributed by atoms with Crippen LogP contribution in [0.3, 0.4) is 0 Å². The highest BCUT2D eigenvalue weighted by Gasteiger charge is 2.50. The minimum atomic E-state index is -0.611. The van der Waals surface area contributed by atoms with Gasteiger partial charge in [-0.15, -0.1) is 11.8 Å². The number of hydrogen-bond acceptors (Lipinski definition) is 3. The Morgan fingerprint density at radius 3 is 2.56 bits per heavy atom. The Bertz CT molecular complexity index is 929. The van der Waals surface area contributed by atoms with Gasteiger partial charge in [-0.2, -0.15) is 0 Å². The summed E-state index contributed by atoms with van der Waals surface area (Å²) in [6, 6.07) is 9.11. The van der Waals surface area contributed by atoms with Gasteiger partial charge < -0.3 is 10.2 Å². The van der Waals surface area contributed by atoms with Crippen LogP contribution in [0.2, 0.25) is 0 Å². The summed E-state index contributed by atoms with van der Waals surface area (Å²) in [5.41, 5.74) is 5.14. The van der Waals surface area contributed by atoms with E-state index in [-0.39, 0.29) is 0 Å². The molecule has 0 aromatic heterocycles. The topological polar surface area (TPSA) is 40.5 Å². The van der Waals surface area contributed by atoms with Crippen molar-refractivity contribution in [1.82, 2.24) is 0 Å². The van der Waals surface area contributed by atoms with E-state index >= 15 is 0 Å². The van der Waals surface area contributed by atoms with Gasteiger partial charge in [0.1, 0.15) is 0 Å². The lowest BCUT2D eigenvalue weighted by atomic mass is 9.61. The maximum absolute atomic E-state index is 10.2. The zero-order chi connectivity index (χ0) is 24.5. The second-order valence-electron chi connectivity index (χ2n) is 11.7. The summed E-state index contributed by atoms with van der Waals surface area (Å²) in [6.07, 6.45) is 11.0. The molecule has 0 radical (unpaired) electrons. The number of aliphatic hydroxyl groups is 2. The van der Waals surface area contributed by atoms with Gasteiger partial charge >= 0.3 is 0 Å². The predicted octanol–water partition coefficient (Wildman–Crippen LogP) is 7.68. The highest BCUT2D eigenvalue weighted by atomic mass is 32.2. The highest BCUT2D eigenvalue weighted by Crippen LogP contribution is 2.59. The first-order chi connectivity index (χ1) is 16.2. The average Bonchev–Trinajstić information content (AvgIpc) is 3.17. The van der Waals surface area contributed by atoms with Crippen LogP contribution < -0.4 is 0 Å². The van der Waals surface area contributed by atoms with Crippen LogP contribution in [0.1, 0.15) is 84.1 Å². The molecule has 0 spiro atoms. The molecule has 3 aliphatic rings. The molecule has 2 N–H and O–H groups in total. The zero-order valence-corrected chi connectivity index (χ0v) is 22.4. The first-order valence-corrected chi connectivity index (χ1v) is 14.3. The van der Waals surface area contributed by atoms with Crippen molar-refractivity contribution in [3.8, 4) is 0 Å². The molecule has 0 saturated heterocycles. The van der Waals surface area contributed by atoms with E-state index in [1.807, 2.05) is 11.8 Å². The van der Waals surface area contributed by atoms with Gasteiger partial charge in [0.25, 0.3) is 0 Å². The largest absolute Gasteiger partial charge is 0.388 e. The molecule has 0 heterocycles. The quantitative estimate of drug-likeness (QED) is 0.324. The van der Waals surface area contributed by atoms with Crippen molar-refractivity contribution in [2.75, 3.05) is 5.75 Å². The molecule has 0 amide bonds. The van der Waals surface area contributed by atoms with Gasteiger partial charge in [-0.3, -0.25) is 0 Å². The number of fused-ring (bicyclic) bond motifs is 1. The first kappa shape index (κ1) is 25.8. The number of rotatable bonds is 6. The van der Waals surface area contributed by atoms with Crippen LogP contribution in [0.5, 0.6) is 0 Å². The Morgan fingerprint density at radius 2 is 1.85 bits per heavy atom. The normalized spacial score (nSPS) is 33.9. The van der Waals surface area contributed by atoms with Gasteiger partial charge in [0.2, 0.25) is 0 Å². The van der Waals surface area contributed by atoms with Crippen LogP contribution in [0, 0.1) is 23.2 Å². The molecule has 3 aliphatic carbocycles. The molecule has 6 atom stereocenters. The second-order valence-corrected chi connectivity index (χ2v) is 12.8. The summed E-state index contributed by atoms with van der Waals surface area (Å²) in [6.45, 7) is 13.4. The van der Waals surface area contributed by atoms with Crippen LogP contribution in [-0.4, -0.2) is 28.2 Å². The zero-order valence-electron chi connectivity index (χ0n) is 21.6. The molecule has 2 nitrogen and oxygen atoms in total. The number of benzene rings is 1. The maximum Gasteiger partial charge on any atom is 0.0809 e. The van der Waals surface area contributed by atoms with Crippen LogP contribution >= 0.6 is 11.8 Å². The van der Waals surface area contributed by atoms with Crippen LogP contribution in [0.4, 0.5) is 0 Å². The third kappa shape index (κ3) is 5.42. The smallest absolute Gasteiger partial charge is 0.0809 e. The summed E-state index contributed by atoms with van der Waals surface area (Å²) in [5, 5.41) is 20.4. The van der Waals surface area contributed by atoms with Gasteiger partial charge in [0.15, 0.2) is 0 Å². The minimum Gasteiger partial charge on any atom is -0.388 e. The SMILES string of the molecule is C=C1[C@H](O)CC(=CC=C2CCCC3(C)C2CCC3[C@@H](C)CSc2cccc(C(C)C)c2)C[C@H]1O. The first-order valence-electron chi connectivity index (χ1n) is 13.3. The van der Waals surface area contributed by atoms with Crippen molar-refractivity contribution >= 4 is 11.8 Å². The Balaban J connectivity index is 1.42. The molecule has 4 rings (SSSR count). The molecular weight excluding hydrogens is 436 g/mol. The van der Waals surface area contributed by atoms with Gasteiger partial charge in [0, 0.05) is 10.6 Å². The molecule has 186 valence electrons. The molecule has 0 aliphatic heterocycles.